The Morgan fingerprint density at radius 3 is 3.00 bits per heavy atom. The molecule has 1 aromatic rings. The van der Waals surface area contributed by atoms with E-state index in [1.807, 2.05) is 6.92 Å². The van der Waals surface area contributed by atoms with Crippen LogP contribution in [0.3, 0.4) is 0 Å². The molecule has 1 unspecified atom stereocenters. The lowest BCUT2D eigenvalue weighted by atomic mass is 10.1. The normalized spacial score (nSPS) is 12.4. The molecule has 1 atom stereocenters. The van der Waals surface area contributed by atoms with Crippen LogP contribution in [0.4, 0.5) is 0 Å². The van der Waals surface area contributed by atoms with Gasteiger partial charge in [0.2, 0.25) is 0 Å². The van der Waals surface area contributed by atoms with Gasteiger partial charge in [0, 0.05) is 19.3 Å². The van der Waals surface area contributed by atoms with Gasteiger partial charge in [-0.3, -0.25) is 0 Å². The van der Waals surface area contributed by atoms with Crippen molar-refractivity contribution in [3.05, 3.63) is 23.8 Å². The van der Waals surface area contributed by atoms with Crippen LogP contribution in [0.15, 0.2) is 12.5 Å². The summed E-state index contributed by atoms with van der Waals surface area (Å²) in [6.45, 7) is 3.28. The maximum absolute atomic E-state index is 10.9. The number of carbonyl (C=O) groups is 1. The highest BCUT2D eigenvalue weighted by molar-refractivity contribution is 5.88. The predicted molar refractivity (Wildman–Crippen MR) is 61.6 cm³/mol. The minimum Gasteiger partial charge on any atom is -0.478 e. The summed E-state index contributed by atoms with van der Waals surface area (Å²) in [6.07, 6.45) is 3.35. The van der Waals surface area contributed by atoms with Gasteiger partial charge in [-0.05, 0) is 18.9 Å². The fourth-order valence-corrected chi connectivity index (χ4v) is 1.43. The first-order valence-electron chi connectivity index (χ1n) is 5.49. The van der Waals surface area contributed by atoms with Crippen LogP contribution in [0.25, 0.3) is 0 Å². The summed E-state index contributed by atoms with van der Waals surface area (Å²) >= 11 is 0. The van der Waals surface area contributed by atoms with Crippen molar-refractivity contribution in [2.75, 3.05) is 13.2 Å². The van der Waals surface area contributed by atoms with Crippen LogP contribution in [0, 0.1) is 5.92 Å². The zero-order chi connectivity index (χ0) is 12.7. The molecule has 1 aromatic heterocycles. The minimum atomic E-state index is -1.02. The number of nitrogens with one attached hydrogen (secondary N) is 1. The monoisotopic (exact) mass is 239 g/mol. The second-order valence-electron chi connectivity index (χ2n) is 3.94. The lowest BCUT2D eigenvalue weighted by Crippen LogP contribution is -2.23. The highest BCUT2D eigenvalue weighted by Gasteiger charge is 2.11. The molecule has 6 heteroatoms. The Kier molecular flexibility index (Phi) is 5.51. The van der Waals surface area contributed by atoms with Crippen LogP contribution < -0.4 is 5.32 Å². The molecule has 0 aliphatic rings. The van der Waals surface area contributed by atoms with Crippen molar-refractivity contribution < 1.29 is 15.0 Å². The summed E-state index contributed by atoms with van der Waals surface area (Å²) in [5.41, 5.74) is 0.596. The average molecular weight is 239 g/mol. The molecule has 17 heavy (non-hydrogen) atoms. The number of aromatic nitrogens is 2. The molecule has 3 N–H and O–H groups in total. The lowest BCUT2D eigenvalue weighted by Gasteiger charge is -2.11. The van der Waals surface area contributed by atoms with E-state index < -0.39 is 5.97 Å². The topological polar surface area (TPSA) is 95.3 Å². The van der Waals surface area contributed by atoms with Crippen LogP contribution in [0.1, 0.15) is 29.4 Å². The maximum Gasteiger partial charge on any atom is 0.339 e. The summed E-state index contributed by atoms with van der Waals surface area (Å²) in [5.74, 6) is -0.680. The van der Waals surface area contributed by atoms with E-state index in [2.05, 4.69) is 15.3 Å². The molecule has 94 valence electrons. The van der Waals surface area contributed by atoms with E-state index in [0.717, 1.165) is 6.42 Å². The molecule has 1 rings (SSSR count). The lowest BCUT2D eigenvalue weighted by molar-refractivity contribution is 0.0694. The molecule has 0 fully saturated rings. The quantitative estimate of drug-likeness (QED) is 0.632. The Labute approximate surface area is 99.7 Å². The molecule has 0 aliphatic heterocycles. The summed E-state index contributed by atoms with van der Waals surface area (Å²) in [7, 11) is 0. The highest BCUT2D eigenvalue weighted by atomic mass is 16.4. The van der Waals surface area contributed by atoms with Crippen LogP contribution in [0.2, 0.25) is 0 Å². The largest absolute Gasteiger partial charge is 0.478 e. The third kappa shape index (κ3) is 4.46. The average Bonchev–Trinajstić information content (AvgIpc) is 2.30. The molecular formula is C11H17N3O3. The first-order chi connectivity index (χ1) is 8.15. The van der Waals surface area contributed by atoms with Crippen molar-refractivity contribution >= 4 is 5.97 Å². The number of aliphatic hydroxyl groups is 1. The second-order valence-corrected chi connectivity index (χ2v) is 3.94. The number of aliphatic hydroxyl groups excluding tert-OH is 1. The molecule has 0 amide bonds. The fourth-order valence-electron chi connectivity index (χ4n) is 1.43. The van der Waals surface area contributed by atoms with Gasteiger partial charge in [-0.2, -0.15) is 0 Å². The summed E-state index contributed by atoms with van der Waals surface area (Å²) in [4.78, 5) is 18.5. The molecule has 0 bridgehead atoms. The Hall–Kier alpha value is -1.53. The molecular weight excluding hydrogens is 222 g/mol. The van der Waals surface area contributed by atoms with Gasteiger partial charge >= 0.3 is 5.97 Å². The third-order valence-electron chi connectivity index (χ3n) is 2.43. The Morgan fingerprint density at radius 2 is 2.35 bits per heavy atom. The van der Waals surface area contributed by atoms with Crippen LogP contribution in [-0.2, 0) is 6.54 Å². The SMILES string of the molecule is CC(CCO)CNCc1ncncc1C(=O)O. The van der Waals surface area contributed by atoms with Crippen molar-refractivity contribution in [1.29, 1.82) is 0 Å². The summed E-state index contributed by atoms with van der Waals surface area (Å²) in [6, 6.07) is 0. The van der Waals surface area contributed by atoms with Crippen molar-refractivity contribution in [3.63, 3.8) is 0 Å². The van der Waals surface area contributed by atoms with Crippen molar-refractivity contribution in [2.24, 2.45) is 5.92 Å². The minimum absolute atomic E-state index is 0.120. The van der Waals surface area contributed by atoms with Crippen molar-refractivity contribution in [2.45, 2.75) is 19.9 Å². The van der Waals surface area contributed by atoms with E-state index in [4.69, 9.17) is 10.2 Å². The number of rotatable bonds is 7. The number of aromatic carboxylic acids is 1. The van der Waals surface area contributed by atoms with Crippen LogP contribution in [-0.4, -0.2) is 39.3 Å². The number of nitrogens with zero attached hydrogens (tertiary/aromatic N) is 2. The number of carboxylic acid groups (broad SMARTS) is 1. The van der Waals surface area contributed by atoms with Gasteiger partial charge in [0.1, 0.15) is 11.9 Å². The van der Waals surface area contributed by atoms with E-state index >= 15 is 0 Å². The summed E-state index contributed by atoms with van der Waals surface area (Å²) < 4.78 is 0. The van der Waals surface area contributed by atoms with Crippen LogP contribution >= 0.6 is 0 Å². The van der Waals surface area contributed by atoms with Gasteiger partial charge in [-0.15, -0.1) is 0 Å². The van der Waals surface area contributed by atoms with Crippen molar-refractivity contribution in [3.8, 4) is 0 Å². The third-order valence-corrected chi connectivity index (χ3v) is 2.43. The zero-order valence-corrected chi connectivity index (χ0v) is 9.76. The fraction of sp³-hybridized carbons (Fsp3) is 0.545. The van der Waals surface area contributed by atoms with E-state index in [9.17, 15) is 4.79 Å². The molecule has 0 saturated carbocycles. The van der Waals surface area contributed by atoms with Gasteiger partial charge in [0.25, 0.3) is 0 Å². The second kappa shape index (κ2) is 6.93. The molecule has 0 aromatic carbocycles. The first kappa shape index (κ1) is 13.5. The van der Waals surface area contributed by atoms with Gasteiger partial charge < -0.3 is 15.5 Å². The standard InChI is InChI=1S/C11H17N3O3/c1-8(2-3-15)4-12-6-10-9(11(16)17)5-13-7-14-10/h5,7-8,12,15H,2-4,6H2,1H3,(H,16,17). The predicted octanol–water partition coefficient (Wildman–Crippen LogP) is 0.283. The molecule has 0 saturated heterocycles. The molecule has 6 nitrogen and oxygen atoms in total. The maximum atomic E-state index is 10.9. The van der Waals surface area contributed by atoms with E-state index in [-0.39, 0.29) is 12.2 Å². The Morgan fingerprint density at radius 1 is 1.59 bits per heavy atom. The van der Waals surface area contributed by atoms with E-state index in [1.54, 1.807) is 0 Å². The van der Waals surface area contributed by atoms with Gasteiger partial charge in [0.05, 0.1) is 5.69 Å². The number of hydrogen-bond acceptors (Lipinski definition) is 5. The van der Waals surface area contributed by atoms with Gasteiger partial charge in [-0.25, -0.2) is 14.8 Å². The van der Waals surface area contributed by atoms with E-state index in [0.29, 0.717) is 24.7 Å². The highest BCUT2D eigenvalue weighted by Crippen LogP contribution is 2.04. The zero-order valence-electron chi connectivity index (χ0n) is 9.76. The Balaban J connectivity index is 2.49. The number of hydrogen-bond donors (Lipinski definition) is 3. The Bertz CT molecular complexity index is 371. The van der Waals surface area contributed by atoms with Gasteiger partial charge in [-0.1, -0.05) is 6.92 Å². The van der Waals surface area contributed by atoms with E-state index in [1.165, 1.54) is 12.5 Å². The molecule has 0 aliphatic carbocycles. The summed E-state index contributed by atoms with van der Waals surface area (Å²) in [5, 5.41) is 20.8. The number of carboxylic acids is 1. The molecule has 1 heterocycles. The molecule has 0 spiro atoms. The van der Waals surface area contributed by atoms with Crippen molar-refractivity contribution in [1.82, 2.24) is 15.3 Å². The first-order valence-corrected chi connectivity index (χ1v) is 5.49. The van der Waals surface area contributed by atoms with Crippen LogP contribution in [0.5, 0.6) is 0 Å². The molecule has 0 radical (unpaired) electrons. The smallest absolute Gasteiger partial charge is 0.339 e. The van der Waals surface area contributed by atoms with Gasteiger partial charge in [0.15, 0.2) is 0 Å².